The molecule has 0 bridgehead atoms. The first-order valence-corrected chi connectivity index (χ1v) is 12.8. The first-order valence-electron chi connectivity index (χ1n) is 10.8. The molecule has 3 aromatic rings. The molecule has 1 aliphatic rings. The Hall–Kier alpha value is -2.65. The van der Waals surface area contributed by atoms with Gasteiger partial charge >= 0.3 is 0 Å². The Kier molecular flexibility index (Phi) is 7.59. The first kappa shape index (κ1) is 22.5. The Morgan fingerprint density at radius 1 is 1.09 bits per heavy atom. The van der Waals surface area contributed by atoms with Crippen LogP contribution in [-0.4, -0.2) is 40.6 Å². The van der Waals surface area contributed by atoms with E-state index in [4.69, 9.17) is 0 Å². The van der Waals surface area contributed by atoms with Gasteiger partial charge in [0.2, 0.25) is 11.8 Å². The number of aromatic nitrogens is 2. The maximum Gasteiger partial charge on any atom is 0.259 e. The van der Waals surface area contributed by atoms with Gasteiger partial charge in [0.15, 0.2) is 0 Å². The number of carbonyl (C=O) groups is 2. The summed E-state index contributed by atoms with van der Waals surface area (Å²) in [5.41, 5.74) is 2.10. The molecule has 1 aliphatic carbocycles. The van der Waals surface area contributed by atoms with Gasteiger partial charge in [-0.25, -0.2) is 4.98 Å². The monoisotopic (exact) mass is 470 g/mol. The number of thioether (sulfide) groups is 1. The van der Waals surface area contributed by atoms with E-state index in [1.165, 1.54) is 10.4 Å². The SMILES string of the molecule is O=C(CCSCc1nc2sc3c(c2c(=O)[nH]1)CCC3)NCCNC(=O)Cc1ccccc1. The zero-order valence-electron chi connectivity index (χ0n) is 17.7. The van der Waals surface area contributed by atoms with Crippen molar-refractivity contribution in [2.24, 2.45) is 0 Å². The van der Waals surface area contributed by atoms with Gasteiger partial charge in [-0.2, -0.15) is 11.8 Å². The quantitative estimate of drug-likeness (QED) is 0.395. The van der Waals surface area contributed by atoms with Crippen molar-refractivity contribution < 1.29 is 9.59 Å². The van der Waals surface area contributed by atoms with Crippen molar-refractivity contribution in [3.63, 3.8) is 0 Å². The molecular formula is C23H26N4O3S2. The third-order valence-corrected chi connectivity index (χ3v) is 7.47. The van der Waals surface area contributed by atoms with Crippen LogP contribution in [-0.2, 0) is 34.6 Å². The lowest BCUT2D eigenvalue weighted by atomic mass is 10.1. The number of thiophene rings is 1. The average molecular weight is 471 g/mol. The number of hydrogen-bond acceptors (Lipinski definition) is 6. The summed E-state index contributed by atoms with van der Waals surface area (Å²) in [5, 5.41) is 6.40. The topological polar surface area (TPSA) is 104 Å². The van der Waals surface area contributed by atoms with E-state index in [0.717, 1.165) is 35.0 Å². The minimum absolute atomic E-state index is 0.0444. The van der Waals surface area contributed by atoms with Crippen molar-refractivity contribution in [1.82, 2.24) is 20.6 Å². The van der Waals surface area contributed by atoms with Crippen molar-refractivity contribution in [1.29, 1.82) is 0 Å². The van der Waals surface area contributed by atoms with E-state index in [0.29, 0.717) is 43.3 Å². The van der Waals surface area contributed by atoms with E-state index in [-0.39, 0.29) is 17.4 Å². The van der Waals surface area contributed by atoms with Gasteiger partial charge in [-0.1, -0.05) is 30.3 Å². The molecule has 0 atom stereocenters. The maximum atomic E-state index is 12.5. The fourth-order valence-electron chi connectivity index (χ4n) is 3.78. The number of carbonyl (C=O) groups excluding carboxylic acids is 2. The molecule has 0 radical (unpaired) electrons. The van der Waals surface area contributed by atoms with Crippen LogP contribution in [0.3, 0.4) is 0 Å². The van der Waals surface area contributed by atoms with Crippen molar-refractivity contribution in [2.75, 3.05) is 18.8 Å². The molecule has 32 heavy (non-hydrogen) atoms. The van der Waals surface area contributed by atoms with E-state index >= 15 is 0 Å². The molecule has 0 fully saturated rings. The summed E-state index contributed by atoms with van der Waals surface area (Å²) in [5.74, 6) is 1.75. The second kappa shape index (κ2) is 10.8. The van der Waals surface area contributed by atoms with Gasteiger partial charge in [0.1, 0.15) is 10.7 Å². The molecule has 0 aliphatic heterocycles. The summed E-state index contributed by atoms with van der Waals surface area (Å²) >= 11 is 3.21. The zero-order chi connectivity index (χ0) is 22.3. The zero-order valence-corrected chi connectivity index (χ0v) is 19.4. The van der Waals surface area contributed by atoms with E-state index in [1.807, 2.05) is 30.3 Å². The Labute approximate surface area is 194 Å². The maximum absolute atomic E-state index is 12.5. The number of benzene rings is 1. The van der Waals surface area contributed by atoms with Crippen molar-refractivity contribution in [3.05, 3.63) is 62.5 Å². The average Bonchev–Trinajstić information content (AvgIpc) is 3.36. The highest BCUT2D eigenvalue weighted by molar-refractivity contribution is 7.98. The van der Waals surface area contributed by atoms with Crippen LogP contribution >= 0.6 is 23.1 Å². The predicted molar refractivity (Wildman–Crippen MR) is 129 cm³/mol. The Morgan fingerprint density at radius 2 is 1.88 bits per heavy atom. The number of nitrogens with zero attached hydrogens (tertiary/aromatic N) is 1. The lowest BCUT2D eigenvalue weighted by molar-refractivity contribution is -0.122. The van der Waals surface area contributed by atoms with Crippen molar-refractivity contribution in [2.45, 2.75) is 37.9 Å². The highest BCUT2D eigenvalue weighted by atomic mass is 32.2. The molecule has 2 aromatic heterocycles. The smallest absolute Gasteiger partial charge is 0.259 e. The molecule has 9 heteroatoms. The molecule has 0 saturated carbocycles. The molecular weight excluding hydrogens is 444 g/mol. The van der Waals surface area contributed by atoms with Gasteiger partial charge in [0.05, 0.1) is 17.6 Å². The van der Waals surface area contributed by atoms with E-state index < -0.39 is 0 Å². The first-order chi connectivity index (χ1) is 15.6. The molecule has 1 aromatic carbocycles. The Balaban J connectivity index is 1.12. The third kappa shape index (κ3) is 5.77. The number of amides is 2. The number of fused-ring (bicyclic) bond motifs is 3. The van der Waals surface area contributed by atoms with Crippen LogP contribution in [0.5, 0.6) is 0 Å². The minimum atomic E-state index is -0.0598. The molecule has 2 amide bonds. The lowest BCUT2D eigenvalue weighted by Crippen LogP contribution is -2.35. The Morgan fingerprint density at radius 3 is 2.69 bits per heavy atom. The number of hydrogen-bond donors (Lipinski definition) is 3. The minimum Gasteiger partial charge on any atom is -0.354 e. The molecule has 168 valence electrons. The highest BCUT2D eigenvalue weighted by Gasteiger charge is 2.21. The van der Waals surface area contributed by atoms with Gasteiger partial charge < -0.3 is 15.6 Å². The van der Waals surface area contributed by atoms with Crippen molar-refractivity contribution in [3.8, 4) is 0 Å². The summed E-state index contributed by atoms with van der Waals surface area (Å²) in [7, 11) is 0. The number of nitrogens with one attached hydrogen (secondary N) is 3. The largest absolute Gasteiger partial charge is 0.354 e. The van der Waals surface area contributed by atoms with Gasteiger partial charge in [0.25, 0.3) is 5.56 Å². The summed E-state index contributed by atoms with van der Waals surface area (Å²) in [6, 6.07) is 9.54. The van der Waals surface area contributed by atoms with Gasteiger partial charge in [-0.05, 0) is 30.4 Å². The van der Waals surface area contributed by atoms with Gasteiger partial charge in [-0.15, -0.1) is 11.3 Å². The van der Waals surface area contributed by atoms with Crippen molar-refractivity contribution >= 4 is 45.1 Å². The van der Waals surface area contributed by atoms with Crippen LogP contribution in [0.4, 0.5) is 0 Å². The third-order valence-electron chi connectivity index (χ3n) is 5.31. The lowest BCUT2D eigenvalue weighted by Gasteiger charge is -2.07. The number of aryl methyl sites for hydroxylation is 2. The highest BCUT2D eigenvalue weighted by Crippen LogP contribution is 2.34. The predicted octanol–water partition coefficient (Wildman–Crippen LogP) is 2.57. The van der Waals surface area contributed by atoms with Gasteiger partial charge in [-0.3, -0.25) is 14.4 Å². The summed E-state index contributed by atoms with van der Waals surface area (Å²) in [6.07, 6.45) is 3.85. The number of aromatic amines is 1. The van der Waals surface area contributed by atoms with Gasteiger partial charge in [0, 0.05) is 30.1 Å². The van der Waals surface area contributed by atoms with E-state index in [1.54, 1.807) is 23.1 Å². The van der Waals surface area contributed by atoms with E-state index in [9.17, 15) is 14.4 Å². The fraction of sp³-hybridized carbons (Fsp3) is 0.391. The summed E-state index contributed by atoms with van der Waals surface area (Å²) in [4.78, 5) is 46.0. The van der Waals surface area contributed by atoms with Crippen LogP contribution in [0, 0.1) is 0 Å². The summed E-state index contributed by atoms with van der Waals surface area (Å²) < 4.78 is 0. The Bertz CT molecular complexity index is 1160. The van der Waals surface area contributed by atoms with Crippen LogP contribution in [0.25, 0.3) is 10.2 Å². The number of H-pyrrole nitrogens is 1. The molecule has 3 N–H and O–H groups in total. The van der Waals surface area contributed by atoms with Crippen LogP contribution in [0.15, 0.2) is 35.1 Å². The van der Waals surface area contributed by atoms with Crippen LogP contribution < -0.4 is 16.2 Å². The normalized spacial score (nSPS) is 12.6. The van der Waals surface area contributed by atoms with Crippen LogP contribution in [0.2, 0.25) is 0 Å². The molecule has 0 saturated heterocycles. The summed E-state index contributed by atoms with van der Waals surface area (Å²) in [6.45, 7) is 0.805. The molecule has 7 nitrogen and oxygen atoms in total. The number of rotatable bonds is 10. The molecule has 0 spiro atoms. The standard InChI is InChI=1S/C23H26N4O3S2/c28-19(24-10-11-25-20(29)13-15-5-2-1-3-6-15)9-12-31-14-18-26-22(30)21-16-7-4-8-17(16)32-23(21)27-18/h1-3,5-6H,4,7-14H2,(H,24,28)(H,25,29)(H,26,27,30). The molecule has 0 unspecified atom stereocenters. The second-order valence-corrected chi connectivity index (χ2v) is 9.90. The second-order valence-electron chi connectivity index (χ2n) is 7.71. The molecule has 2 heterocycles. The molecule has 4 rings (SSSR count). The van der Waals surface area contributed by atoms with E-state index in [2.05, 4.69) is 20.6 Å². The van der Waals surface area contributed by atoms with Crippen LogP contribution in [0.1, 0.15) is 34.7 Å². The fourth-order valence-corrected chi connectivity index (χ4v) is 5.87.